The quantitative estimate of drug-likeness (QED) is 0.801. The predicted octanol–water partition coefficient (Wildman–Crippen LogP) is 1.83. The highest BCUT2D eigenvalue weighted by molar-refractivity contribution is 5.76. The fraction of sp³-hybridized carbons (Fsp3) is 0.909. The lowest BCUT2D eigenvalue weighted by Gasteiger charge is -2.23. The highest BCUT2D eigenvalue weighted by Gasteiger charge is 2.30. The monoisotopic (exact) mass is 252 g/mol. The first-order chi connectivity index (χ1) is 7.87. The van der Waals surface area contributed by atoms with E-state index in [1.165, 1.54) is 6.92 Å². The lowest BCUT2D eigenvalue weighted by Crippen LogP contribution is -2.39. The zero-order valence-electron chi connectivity index (χ0n) is 9.94. The Balaban J connectivity index is 2.23. The number of amides is 1. The summed E-state index contributed by atoms with van der Waals surface area (Å²) < 4.78 is 36.2. The fourth-order valence-electron chi connectivity index (χ4n) is 2.09. The number of rotatable bonds is 4. The van der Waals surface area contributed by atoms with Crippen molar-refractivity contribution in [2.24, 2.45) is 5.92 Å². The second kappa shape index (κ2) is 6.23. The Morgan fingerprint density at radius 2 is 2.24 bits per heavy atom. The predicted molar refractivity (Wildman–Crippen MR) is 58.5 cm³/mol. The van der Waals surface area contributed by atoms with Gasteiger partial charge in [-0.25, -0.2) is 0 Å². The van der Waals surface area contributed by atoms with Crippen LogP contribution in [0.3, 0.4) is 0 Å². The van der Waals surface area contributed by atoms with Crippen LogP contribution in [0.25, 0.3) is 0 Å². The molecular formula is C11H19F3N2O. The van der Waals surface area contributed by atoms with Crippen molar-refractivity contribution in [1.29, 1.82) is 0 Å². The second-order valence-corrected chi connectivity index (χ2v) is 4.70. The van der Waals surface area contributed by atoms with Crippen LogP contribution in [0.1, 0.15) is 32.6 Å². The maximum Gasteiger partial charge on any atom is 0.391 e. The van der Waals surface area contributed by atoms with Crippen molar-refractivity contribution in [2.75, 3.05) is 13.1 Å². The van der Waals surface area contributed by atoms with Gasteiger partial charge in [0.25, 0.3) is 0 Å². The van der Waals surface area contributed by atoms with E-state index in [0.717, 1.165) is 25.9 Å². The Bertz CT molecular complexity index is 250. The standard InChI is InChI=1S/C11H19F3N2O/c1-8(6-11(12,13)14)16-10(17)5-9-3-2-4-15-7-9/h8-9,15H,2-7H2,1H3,(H,16,17). The minimum atomic E-state index is -4.22. The molecule has 1 aliphatic rings. The van der Waals surface area contributed by atoms with E-state index in [4.69, 9.17) is 0 Å². The maximum atomic E-state index is 12.1. The van der Waals surface area contributed by atoms with Gasteiger partial charge in [0.2, 0.25) is 5.91 Å². The van der Waals surface area contributed by atoms with E-state index in [0.29, 0.717) is 6.42 Å². The van der Waals surface area contributed by atoms with Gasteiger partial charge in [-0.05, 0) is 38.8 Å². The van der Waals surface area contributed by atoms with E-state index in [1.54, 1.807) is 0 Å². The van der Waals surface area contributed by atoms with Gasteiger partial charge in [0, 0.05) is 12.5 Å². The van der Waals surface area contributed by atoms with Crippen molar-refractivity contribution < 1.29 is 18.0 Å². The van der Waals surface area contributed by atoms with Gasteiger partial charge in [0.15, 0.2) is 0 Å². The van der Waals surface area contributed by atoms with E-state index in [9.17, 15) is 18.0 Å². The molecule has 0 bridgehead atoms. The van der Waals surface area contributed by atoms with E-state index < -0.39 is 18.6 Å². The zero-order valence-corrected chi connectivity index (χ0v) is 9.94. The third-order valence-corrected chi connectivity index (χ3v) is 2.82. The Morgan fingerprint density at radius 1 is 1.53 bits per heavy atom. The molecule has 0 aromatic carbocycles. The molecule has 0 spiro atoms. The maximum absolute atomic E-state index is 12.1. The molecule has 1 aliphatic heterocycles. The van der Waals surface area contributed by atoms with Gasteiger partial charge >= 0.3 is 6.18 Å². The minimum absolute atomic E-state index is 0.252. The molecule has 0 aliphatic carbocycles. The van der Waals surface area contributed by atoms with Crippen LogP contribution in [0.4, 0.5) is 13.2 Å². The number of carbonyl (C=O) groups is 1. The lowest BCUT2D eigenvalue weighted by molar-refractivity contribution is -0.141. The van der Waals surface area contributed by atoms with Crippen LogP contribution in [0.15, 0.2) is 0 Å². The van der Waals surface area contributed by atoms with Gasteiger partial charge in [-0.3, -0.25) is 4.79 Å². The number of nitrogens with one attached hydrogen (secondary N) is 2. The first-order valence-electron chi connectivity index (χ1n) is 5.93. The molecule has 2 atom stereocenters. The number of hydrogen-bond donors (Lipinski definition) is 2. The Hall–Kier alpha value is -0.780. The highest BCUT2D eigenvalue weighted by atomic mass is 19.4. The molecule has 2 N–H and O–H groups in total. The van der Waals surface area contributed by atoms with E-state index in [1.807, 2.05) is 0 Å². The Kier molecular flexibility index (Phi) is 5.24. The largest absolute Gasteiger partial charge is 0.391 e. The molecule has 0 aromatic heterocycles. The van der Waals surface area contributed by atoms with Gasteiger partial charge < -0.3 is 10.6 Å². The molecule has 3 nitrogen and oxygen atoms in total. The first-order valence-corrected chi connectivity index (χ1v) is 5.93. The van der Waals surface area contributed by atoms with Gasteiger partial charge in [0.1, 0.15) is 0 Å². The van der Waals surface area contributed by atoms with Crippen molar-refractivity contribution in [1.82, 2.24) is 10.6 Å². The van der Waals surface area contributed by atoms with Crippen molar-refractivity contribution in [3.05, 3.63) is 0 Å². The van der Waals surface area contributed by atoms with E-state index in [2.05, 4.69) is 10.6 Å². The van der Waals surface area contributed by atoms with Crippen LogP contribution in [0.5, 0.6) is 0 Å². The number of carbonyl (C=O) groups excluding carboxylic acids is 1. The molecule has 2 unspecified atom stereocenters. The molecular weight excluding hydrogens is 233 g/mol. The van der Waals surface area contributed by atoms with Crippen LogP contribution < -0.4 is 10.6 Å². The van der Waals surface area contributed by atoms with Gasteiger partial charge in [-0.15, -0.1) is 0 Å². The van der Waals surface area contributed by atoms with Gasteiger partial charge in [0.05, 0.1) is 6.42 Å². The van der Waals surface area contributed by atoms with Crippen molar-refractivity contribution >= 4 is 5.91 Å². The lowest BCUT2D eigenvalue weighted by atomic mass is 9.96. The van der Waals surface area contributed by atoms with E-state index in [-0.39, 0.29) is 11.8 Å². The molecule has 100 valence electrons. The molecule has 1 saturated heterocycles. The molecule has 0 radical (unpaired) electrons. The Morgan fingerprint density at radius 3 is 2.76 bits per heavy atom. The summed E-state index contributed by atoms with van der Waals surface area (Å²) in [6.07, 6.45) is -2.89. The summed E-state index contributed by atoms with van der Waals surface area (Å²) in [4.78, 5) is 11.5. The molecule has 1 rings (SSSR count). The number of halogens is 3. The summed E-state index contributed by atoms with van der Waals surface area (Å²) >= 11 is 0. The van der Waals surface area contributed by atoms with Crippen LogP contribution in [0.2, 0.25) is 0 Å². The summed E-state index contributed by atoms with van der Waals surface area (Å²) in [5.41, 5.74) is 0. The zero-order chi connectivity index (χ0) is 12.9. The number of hydrogen-bond acceptors (Lipinski definition) is 2. The number of alkyl halides is 3. The second-order valence-electron chi connectivity index (χ2n) is 4.70. The fourth-order valence-corrected chi connectivity index (χ4v) is 2.09. The number of piperidine rings is 1. The van der Waals surface area contributed by atoms with Crippen LogP contribution in [-0.2, 0) is 4.79 Å². The molecule has 1 amide bonds. The normalized spacial score (nSPS) is 23.2. The average molecular weight is 252 g/mol. The summed E-state index contributed by atoms with van der Waals surface area (Å²) in [6.45, 7) is 3.12. The third kappa shape index (κ3) is 6.51. The summed E-state index contributed by atoms with van der Waals surface area (Å²) in [7, 11) is 0. The smallest absolute Gasteiger partial charge is 0.353 e. The van der Waals surface area contributed by atoms with Gasteiger partial charge in [-0.1, -0.05) is 0 Å². The molecule has 17 heavy (non-hydrogen) atoms. The van der Waals surface area contributed by atoms with E-state index >= 15 is 0 Å². The Labute approximate surface area is 99.1 Å². The highest BCUT2D eigenvalue weighted by Crippen LogP contribution is 2.21. The van der Waals surface area contributed by atoms with Crippen molar-refractivity contribution in [3.63, 3.8) is 0 Å². The first kappa shape index (κ1) is 14.3. The SMILES string of the molecule is CC(CC(F)(F)F)NC(=O)CC1CCCNC1. The van der Waals surface area contributed by atoms with Crippen molar-refractivity contribution in [2.45, 2.75) is 44.8 Å². The molecule has 1 fully saturated rings. The van der Waals surface area contributed by atoms with Crippen molar-refractivity contribution in [3.8, 4) is 0 Å². The molecule has 0 aromatic rings. The summed E-state index contributed by atoms with van der Waals surface area (Å²) in [6, 6.07) is -0.848. The van der Waals surface area contributed by atoms with Crippen LogP contribution in [-0.4, -0.2) is 31.2 Å². The molecule has 1 heterocycles. The summed E-state index contributed by atoms with van der Waals surface area (Å²) in [5.74, 6) is -0.0303. The molecule has 0 saturated carbocycles. The topological polar surface area (TPSA) is 41.1 Å². The third-order valence-electron chi connectivity index (χ3n) is 2.82. The molecule has 6 heteroatoms. The minimum Gasteiger partial charge on any atom is -0.353 e. The van der Waals surface area contributed by atoms with Crippen LogP contribution >= 0.6 is 0 Å². The summed E-state index contributed by atoms with van der Waals surface area (Å²) in [5, 5.41) is 5.57. The van der Waals surface area contributed by atoms with Gasteiger partial charge in [-0.2, -0.15) is 13.2 Å². The van der Waals surface area contributed by atoms with Crippen LogP contribution in [0, 0.1) is 5.92 Å². The average Bonchev–Trinajstić information content (AvgIpc) is 2.15.